The Bertz CT molecular complexity index is 973. The summed E-state index contributed by atoms with van der Waals surface area (Å²) in [6.45, 7) is 3.65. The number of nitrogens with zero attached hydrogens (tertiary/aromatic N) is 3. The Morgan fingerprint density at radius 3 is 2.57 bits per heavy atom. The first kappa shape index (κ1) is 19.5. The van der Waals surface area contributed by atoms with Crippen LogP contribution in [0.5, 0.6) is 0 Å². The van der Waals surface area contributed by atoms with Gasteiger partial charge in [-0.05, 0) is 43.3 Å². The second-order valence-corrected chi connectivity index (χ2v) is 6.91. The quantitative estimate of drug-likeness (QED) is 0.768. The third kappa shape index (κ3) is 3.23. The Balaban J connectivity index is 2.13. The highest BCUT2D eigenvalue weighted by Crippen LogP contribution is 2.45. The molecule has 0 fully saturated rings. The van der Waals surface area contributed by atoms with E-state index in [1.54, 1.807) is 43.0 Å². The smallest absolute Gasteiger partial charge is 0.338 e. The van der Waals surface area contributed by atoms with E-state index < -0.39 is 18.0 Å². The SMILES string of the molecule is CCOC(=O)C1=C(C)N=C2SC(C#N)=C(N)N2[C@H]1c1ccc(C(=O)OC)cc1. The number of nitrogens with two attached hydrogens (primary N) is 1. The van der Waals surface area contributed by atoms with E-state index in [1.807, 2.05) is 0 Å². The van der Waals surface area contributed by atoms with Crippen molar-refractivity contribution in [2.24, 2.45) is 10.7 Å². The molecule has 1 aromatic carbocycles. The van der Waals surface area contributed by atoms with Gasteiger partial charge in [-0.1, -0.05) is 12.1 Å². The van der Waals surface area contributed by atoms with Crippen molar-refractivity contribution in [2.75, 3.05) is 13.7 Å². The number of esters is 2. The van der Waals surface area contributed by atoms with Crippen molar-refractivity contribution in [1.82, 2.24) is 4.90 Å². The van der Waals surface area contributed by atoms with Gasteiger partial charge in [0.05, 0.1) is 36.6 Å². The average Bonchev–Trinajstić information content (AvgIpc) is 3.01. The molecule has 0 aliphatic carbocycles. The highest BCUT2D eigenvalue weighted by molar-refractivity contribution is 8.17. The van der Waals surface area contributed by atoms with Gasteiger partial charge in [0.15, 0.2) is 5.17 Å². The van der Waals surface area contributed by atoms with Gasteiger partial charge in [0.2, 0.25) is 0 Å². The largest absolute Gasteiger partial charge is 0.465 e. The minimum absolute atomic E-state index is 0.212. The van der Waals surface area contributed by atoms with Gasteiger partial charge in [0.1, 0.15) is 16.8 Å². The zero-order chi connectivity index (χ0) is 20.4. The lowest BCUT2D eigenvalue weighted by atomic mass is 9.94. The number of methoxy groups -OCH3 is 1. The van der Waals surface area contributed by atoms with E-state index in [2.05, 4.69) is 11.1 Å². The predicted octanol–water partition coefficient (Wildman–Crippen LogP) is 2.42. The molecule has 28 heavy (non-hydrogen) atoms. The minimum Gasteiger partial charge on any atom is -0.465 e. The van der Waals surface area contributed by atoms with E-state index in [4.69, 9.17) is 15.2 Å². The van der Waals surface area contributed by atoms with Crippen molar-refractivity contribution in [1.29, 1.82) is 5.26 Å². The van der Waals surface area contributed by atoms with Gasteiger partial charge in [-0.3, -0.25) is 4.90 Å². The van der Waals surface area contributed by atoms with E-state index in [1.165, 1.54) is 7.11 Å². The molecule has 0 saturated heterocycles. The average molecular weight is 398 g/mol. The van der Waals surface area contributed by atoms with Crippen molar-refractivity contribution >= 4 is 28.9 Å². The monoisotopic (exact) mass is 398 g/mol. The summed E-state index contributed by atoms with van der Waals surface area (Å²) >= 11 is 1.15. The maximum absolute atomic E-state index is 12.7. The molecule has 0 spiro atoms. The van der Waals surface area contributed by atoms with Crippen LogP contribution in [0.15, 0.2) is 51.3 Å². The molecular weight excluding hydrogens is 380 g/mol. The predicted molar refractivity (Wildman–Crippen MR) is 104 cm³/mol. The number of ether oxygens (including phenoxy) is 2. The summed E-state index contributed by atoms with van der Waals surface area (Å²) in [6.07, 6.45) is 0. The number of carbonyl (C=O) groups excluding carboxylic acids is 2. The topological polar surface area (TPSA) is 118 Å². The van der Waals surface area contributed by atoms with Crippen LogP contribution in [0, 0.1) is 11.3 Å². The summed E-state index contributed by atoms with van der Waals surface area (Å²) in [4.78, 5) is 30.8. The molecule has 3 rings (SSSR count). The summed E-state index contributed by atoms with van der Waals surface area (Å²) in [7, 11) is 1.31. The Hall–Kier alpha value is -3.25. The molecule has 2 heterocycles. The number of carbonyl (C=O) groups is 2. The first-order valence-electron chi connectivity index (χ1n) is 8.44. The van der Waals surface area contributed by atoms with Crippen LogP contribution < -0.4 is 5.73 Å². The zero-order valence-electron chi connectivity index (χ0n) is 15.6. The Morgan fingerprint density at radius 2 is 2.00 bits per heavy atom. The van der Waals surface area contributed by atoms with Crippen LogP contribution in [-0.2, 0) is 14.3 Å². The summed E-state index contributed by atoms with van der Waals surface area (Å²) in [5, 5.41) is 9.86. The second kappa shape index (κ2) is 7.78. The molecule has 0 radical (unpaired) electrons. The van der Waals surface area contributed by atoms with Gasteiger partial charge < -0.3 is 15.2 Å². The lowest BCUT2D eigenvalue weighted by Crippen LogP contribution is -2.38. The molecule has 0 saturated carbocycles. The van der Waals surface area contributed by atoms with Gasteiger partial charge in [0, 0.05) is 0 Å². The molecule has 2 N–H and O–H groups in total. The molecule has 144 valence electrons. The first-order valence-corrected chi connectivity index (χ1v) is 9.26. The molecule has 1 atom stereocenters. The molecule has 1 aromatic rings. The number of rotatable bonds is 4. The molecule has 0 amide bonds. The minimum atomic E-state index is -0.628. The molecule has 8 nitrogen and oxygen atoms in total. The van der Waals surface area contributed by atoms with Crippen molar-refractivity contribution < 1.29 is 19.1 Å². The number of amidine groups is 1. The summed E-state index contributed by atoms with van der Waals surface area (Å²) in [5.41, 5.74) is 8.09. The van der Waals surface area contributed by atoms with Crippen LogP contribution in [0.1, 0.15) is 35.8 Å². The van der Waals surface area contributed by atoms with Crippen molar-refractivity contribution in [3.05, 3.63) is 57.4 Å². The lowest BCUT2D eigenvalue weighted by molar-refractivity contribution is -0.139. The van der Waals surface area contributed by atoms with Crippen LogP contribution in [0.2, 0.25) is 0 Å². The second-order valence-electron chi connectivity index (χ2n) is 5.93. The number of aliphatic imine (C=N–C) groups is 1. The van der Waals surface area contributed by atoms with Crippen LogP contribution in [0.4, 0.5) is 0 Å². The van der Waals surface area contributed by atoms with Gasteiger partial charge in [-0.25, -0.2) is 14.6 Å². The molecule has 2 aliphatic rings. The maximum Gasteiger partial charge on any atom is 0.338 e. The molecular formula is C19H18N4O4S. The standard InChI is InChI=1S/C19H18N4O4S/c1-4-27-18(25)14-10(2)22-19-23(16(21)13(9-20)28-19)15(14)11-5-7-12(8-6-11)17(24)26-3/h5-8,15H,4,21H2,1-3H3/t15-/m0/s1. The molecule has 9 heteroatoms. The molecule has 0 unspecified atom stereocenters. The lowest BCUT2D eigenvalue weighted by Gasteiger charge is -2.34. The normalized spacial score (nSPS) is 18.4. The summed E-state index contributed by atoms with van der Waals surface area (Å²) in [5.74, 6) is -0.742. The Morgan fingerprint density at radius 1 is 1.32 bits per heavy atom. The summed E-state index contributed by atoms with van der Waals surface area (Å²) < 4.78 is 9.95. The zero-order valence-corrected chi connectivity index (χ0v) is 16.4. The van der Waals surface area contributed by atoms with Crippen molar-refractivity contribution in [2.45, 2.75) is 19.9 Å². The van der Waals surface area contributed by atoms with E-state index in [0.717, 1.165) is 11.8 Å². The Kier molecular flexibility index (Phi) is 5.42. The van der Waals surface area contributed by atoms with Gasteiger partial charge in [-0.15, -0.1) is 0 Å². The number of fused-ring (bicyclic) bond motifs is 1. The van der Waals surface area contributed by atoms with E-state index in [-0.39, 0.29) is 12.4 Å². The van der Waals surface area contributed by atoms with Crippen molar-refractivity contribution in [3.8, 4) is 6.07 Å². The molecule has 0 aromatic heterocycles. The Labute approximate surface area is 166 Å². The van der Waals surface area contributed by atoms with Gasteiger partial charge >= 0.3 is 11.9 Å². The van der Waals surface area contributed by atoms with Crippen LogP contribution in [-0.4, -0.2) is 35.7 Å². The van der Waals surface area contributed by atoms with Crippen molar-refractivity contribution in [3.63, 3.8) is 0 Å². The highest BCUT2D eigenvalue weighted by atomic mass is 32.2. The summed E-state index contributed by atoms with van der Waals surface area (Å²) in [6, 6.07) is 8.08. The number of thioether (sulfide) groups is 1. The molecule has 2 aliphatic heterocycles. The van der Waals surface area contributed by atoms with Gasteiger partial charge in [0.25, 0.3) is 0 Å². The van der Waals surface area contributed by atoms with Crippen LogP contribution >= 0.6 is 11.8 Å². The molecule has 0 bridgehead atoms. The van der Waals surface area contributed by atoms with Crippen LogP contribution in [0.3, 0.4) is 0 Å². The number of hydrogen-bond acceptors (Lipinski definition) is 9. The fourth-order valence-electron chi connectivity index (χ4n) is 3.05. The van der Waals surface area contributed by atoms with E-state index in [9.17, 15) is 14.9 Å². The number of hydrogen-bond donors (Lipinski definition) is 1. The third-order valence-electron chi connectivity index (χ3n) is 4.32. The third-order valence-corrected chi connectivity index (χ3v) is 5.30. The fourth-order valence-corrected chi connectivity index (χ4v) is 3.96. The number of allylic oxidation sites excluding steroid dienone is 2. The maximum atomic E-state index is 12.7. The van der Waals surface area contributed by atoms with E-state index in [0.29, 0.717) is 32.5 Å². The fraction of sp³-hybridized carbons (Fsp3) is 0.263. The highest BCUT2D eigenvalue weighted by Gasteiger charge is 2.42. The number of nitriles is 1. The van der Waals surface area contributed by atoms with Crippen LogP contribution in [0.25, 0.3) is 0 Å². The number of benzene rings is 1. The van der Waals surface area contributed by atoms with Gasteiger partial charge in [-0.2, -0.15) is 5.26 Å². The first-order chi connectivity index (χ1) is 13.4. The van der Waals surface area contributed by atoms with E-state index >= 15 is 0 Å².